The molecule has 3 aliphatic carbocycles. The molecule has 1 aliphatic heterocycles. The number of carboxylic acid groups (broad SMARTS) is 1. The van der Waals surface area contributed by atoms with Gasteiger partial charge in [-0.1, -0.05) is 30.2 Å². The minimum atomic E-state index is -0.871. The Kier molecular flexibility index (Phi) is 7.22. The van der Waals surface area contributed by atoms with Crippen molar-refractivity contribution in [2.45, 2.75) is 58.3 Å². The number of aryl methyl sites for hydroxylation is 2. The number of amides is 2. The second-order valence-electron chi connectivity index (χ2n) is 10.9. The minimum absolute atomic E-state index is 0.0499. The number of likely N-dealkylation sites (tertiary alicyclic amines) is 1. The van der Waals surface area contributed by atoms with Crippen molar-refractivity contribution in [3.63, 3.8) is 0 Å². The summed E-state index contributed by atoms with van der Waals surface area (Å²) in [6.07, 6.45) is 5.51. The van der Waals surface area contributed by atoms with E-state index in [1.165, 1.54) is 11.0 Å². The van der Waals surface area contributed by atoms with Crippen LogP contribution in [-0.2, 0) is 24.0 Å². The Morgan fingerprint density at radius 1 is 1.03 bits per heavy atom. The first kappa shape index (κ1) is 27.2. The zero-order chi connectivity index (χ0) is 28.2. The Balaban J connectivity index is 1.52. The molecule has 0 saturated carbocycles. The third kappa shape index (κ3) is 4.60. The molecule has 4 aliphatic rings. The monoisotopic (exact) mass is 595 g/mol. The highest BCUT2D eigenvalue weighted by Crippen LogP contribution is 2.55. The molecule has 8 nitrogen and oxygen atoms in total. The van der Waals surface area contributed by atoms with E-state index in [0.29, 0.717) is 48.0 Å². The first-order chi connectivity index (χ1) is 18.5. The van der Waals surface area contributed by atoms with Crippen LogP contribution < -0.4 is 0 Å². The van der Waals surface area contributed by atoms with Crippen molar-refractivity contribution in [3.8, 4) is 5.75 Å². The van der Waals surface area contributed by atoms with E-state index in [1.807, 2.05) is 18.2 Å². The fourth-order valence-electron chi connectivity index (χ4n) is 6.75. The molecule has 2 N–H and O–H groups in total. The zero-order valence-electron chi connectivity index (χ0n) is 21.8. The van der Waals surface area contributed by atoms with Crippen molar-refractivity contribution < 1.29 is 34.2 Å². The van der Waals surface area contributed by atoms with E-state index in [9.17, 15) is 29.1 Å². The highest BCUT2D eigenvalue weighted by atomic mass is 79.9. The van der Waals surface area contributed by atoms with Gasteiger partial charge in [0.15, 0.2) is 11.6 Å². The van der Waals surface area contributed by atoms with Crippen molar-refractivity contribution in [2.24, 2.45) is 17.8 Å². The van der Waals surface area contributed by atoms with Gasteiger partial charge in [0.2, 0.25) is 11.8 Å². The van der Waals surface area contributed by atoms with Crippen molar-refractivity contribution in [2.75, 3.05) is 6.54 Å². The number of ketones is 2. The van der Waals surface area contributed by atoms with E-state index in [-0.39, 0.29) is 53.0 Å². The van der Waals surface area contributed by atoms with Crippen molar-refractivity contribution in [1.29, 1.82) is 0 Å². The number of carbonyl (C=O) groups excluding carboxylic acids is 4. The summed E-state index contributed by atoms with van der Waals surface area (Å²) >= 11 is 3.23. The van der Waals surface area contributed by atoms with Crippen LogP contribution in [0.3, 0.4) is 0 Å². The number of rotatable bonds is 7. The average Bonchev–Trinajstić information content (AvgIpc) is 3.13. The molecule has 5 rings (SSSR count). The van der Waals surface area contributed by atoms with E-state index in [2.05, 4.69) is 15.9 Å². The molecule has 1 saturated heterocycles. The maximum absolute atomic E-state index is 13.7. The van der Waals surface area contributed by atoms with E-state index in [4.69, 9.17) is 5.11 Å². The lowest BCUT2D eigenvalue weighted by molar-refractivity contribution is -0.141. The van der Waals surface area contributed by atoms with Crippen molar-refractivity contribution >= 4 is 45.3 Å². The Morgan fingerprint density at radius 2 is 1.72 bits per heavy atom. The van der Waals surface area contributed by atoms with Crippen LogP contribution in [0.15, 0.2) is 45.5 Å². The van der Waals surface area contributed by atoms with Crippen LogP contribution >= 0.6 is 15.9 Å². The number of aromatic hydroxyl groups is 1. The smallest absolute Gasteiger partial charge is 0.303 e. The number of carbonyl (C=O) groups is 5. The third-order valence-corrected chi connectivity index (χ3v) is 9.13. The standard InChI is InChI=1S/C30H30BrNO7/c1-14-10-16(11-15(2)27(14)36)24-17-7-8-18-25(19(17)12-20-26(24)22(33)13-21(31)28(20)37)30(39)32(29(18)38)9-5-3-4-6-23(34)35/h7,10-11,13,18-19,24-25,36H,3-6,8-9,12H2,1-2H3,(H,34,35). The molecular weight excluding hydrogens is 566 g/mol. The minimum Gasteiger partial charge on any atom is -0.507 e. The molecule has 0 bridgehead atoms. The highest BCUT2D eigenvalue weighted by Gasteiger charge is 2.56. The fraction of sp³-hybridized carbons (Fsp3) is 0.433. The molecule has 0 spiro atoms. The fourth-order valence-corrected chi connectivity index (χ4v) is 7.20. The second-order valence-corrected chi connectivity index (χ2v) is 11.8. The van der Waals surface area contributed by atoms with E-state index >= 15 is 0 Å². The molecule has 1 aromatic rings. The summed E-state index contributed by atoms with van der Waals surface area (Å²) in [5.74, 6) is -3.85. The quantitative estimate of drug-likeness (QED) is 0.206. The average molecular weight is 596 g/mol. The zero-order valence-corrected chi connectivity index (χ0v) is 23.4. The number of unbranched alkanes of at least 4 members (excludes halogenated alkanes) is 2. The molecule has 4 unspecified atom stereocenters. The van der Waals surface area contributed by atoms with Gasteiger partial charge in [-0.3, -0.25) is 28.9 Å². The Bertz CT molecular complexity index is 1390. The molecule has 39 heavy (non-hydrogen) atoms. The van der Waals surface area contributed by atoms with Crippen molar-refractivity contribution in [3.05, 3.63) is 62.2 Å². The lowest BCUT2D eigenvalue weighted by atomic mass is 9.59. The topological polar surface area (TPSA) is 129 Å². The van der Waals surface area contributed by atoms with Gasteiger partial charge >= 0.3 is 5.97 Å². The van der Waals surface area contributed by atoms with Gasteiger partial charge in [-0.25, -0.2) is 0 Å². The number of fused-ring (bicyclic) bond motifs is 3. The third-order valence-electron chi connectivity index (χ3n) is 8.54. The first-order valence-electron chi connectivity index (χ1n) is 13.3. The number of hydrogen-bond donors (Lipinski definition) is 2. The summed E-state index contributed by atoms with van der Waals surface area (Å²) in [6.45, 7) is 3.81. The Labute approximate surface area is 234 Å². The molecule has 1 aromatic carbocycles. The molecule has 4 atom stereocenters. The van der Waals surface area contributed by atoms with Gasteiger partial charge in [-0.15, -0.1) is 0 Å². The Morgan fingerprint density at radius 3 is 2.38 bits per heavy atom. The SMILES string of the molecule is Cc1cc(C2C3=CCC4C(=O)N(CCCCCC(=O)O)C(=O)C4C3CC3=C2C(=O)C=C(Br)C3=O)cc(C)c1O. The van der Waals surface area contributed by atoms with Crippen LogP contribution in [0.1, 0.15) is 61.1 Å². The summed E-state index contributed by atoms with van der Waals surface area (Å²) in [5.41, 5.74) is 3.71. The van der Waals surface area contributed by atoms with Gasteiger partial charge in [0.1, 0.15) is 5.75 Å². The van der Waals surface area contributed by atoms with E-state index in [0.717, 1.165) is 11.1 Å². The van der Waals surface area contributed by atoms with Crippen LogP contribution in [0, 0.1) is 31.6 Å². The summed E-state index contributed by atoms with van der Waals surface area (Å²) in [6, 6.07) is 3.65. The molecular formula is C30H30BrNO7. The number of nitrogens with zero attached hydrogens (tertiary/aromatic N) is 1. The van der Waals surface area contributed by atoms with Gasteiger partial charge in [0, 0.05) is 36.1 Å². The van der Waals surface area contributed by atoms with Crippen LogP contribution in [-0.4, -0.2) is 51.0 Å². The number of carboxylic acids is 1. The predicted octanol–water partition coefficient (Wildman–Crippen LogP) is 4.42. The number of allylic oxidation sites excluding steroid dienone is 6. The van der Waals surface area contributed by atoms with E-state index in [1.54, 1.807) is 13.8 Å². The molecule has 2 amide bonds. The summed E-state index contributed by atoms with van der Waals surface area (Å²) in [5, 5.41) is 19.2. The maximum atomic E-state index is 13.7. The van der Waals surface area contributed by atoms with Gasteiger partial charge in [-0.05, 0) is 78.1 Å². The maximum Gasteiger partial charge on any atom is 0.303 e. The molecule has 9 heteroatoms. The molecule has 1 fully saturated rings. The van der Waals surface area contributed by atoms with Crippen molar-refractivity contribution in [1.82, 2.24) is 4.90 Å². The lowest BCUT2D eigenvalue weighted by Gasteiger charge is -2.42. The molecule has 0 radical (unpaired) electrons. The van der Waals surface area contributed by atoms with Gasteiger partial charge in [-0.2, -0.15) is 0 Å². The number of benzene rings is 1. The van der Waals surface area contributed by atoms with Gasteiger partial charge in [0.25, 0.3) is 0 Å². The number of aliphatic carboxylic acids is 1. The van der Waals surface area contributed by atoms with Crippen LogP contribution in [0.4, 0.5) is 0 Å². The normalized spacial score (nSPS) is 26.3. The Hall–Kier alpha value is -3.33. The van der Waals surface area contributed by atoms with Gasteiger partial charge < -0.3 is 10.2 Å². The summed E-state index contributed by atoms with van der Waals surface area (Å²) in [7, 11) is 0. The summed E-state index contributed by atoms with van der Waals surface area (Å²) < 4.78 is 0.180. The number of Topliss-reactive ketones (excluding diaryl/α,β-unsaturated/α-hetero) is 1. The second kappa shape index (κ2) is 10.3. The van der Waals surface area contributed by atoms with E-state index < -0.39 is 29.6 Å². The van der Waals surface area contributed by atoms with Gasteiger partial charge in [0.05, 0.1) is 16.3 Å². The van der Waals surface area contributed by atoms with Crippen LogP contribution in [0.25, 0.3) is 0 Å². The predicted molar refractivity (Wildman–Crippen MR) is 145 cm³/mol. The van der Waals surface area contributed by atoms with Crippen LogP contribution in [0.5, 0.6) is 5.75 Å². The summed E-state index contributed by atoms with van der Waals surface area (Å²) in [4.78, 5) is 65.8. The lowest BCUT2D eigenvalue weighted by Crippen LogP contribution is -2.39. The number of hydrogen-bond acceptors (Lipinski definition) is 6. The number of imide groups is 1. The largest absolute Gasteiger partial charge is 0.507 e. The first-order valence-corrected chi connectivity index (χ1v) is 14.1. The highest BCUT2D eigenvalue weighted by molar-refractivity contribution is 9.12. The number of halogens is 1. The number of phenols is 1. The van der Waals surface area contributed by atoms with Crippen LogP contribution in [0.2, 0.25) is 0 Å². The number of phenolic OH excluding ortho intramolecular Hbond substituents is 1. The molecule has 1 heterocycles. The molecule has 204 valence electrons. The molecule has 0 aromatic heterocycles.